The highest BCUT2D eigenvalue weighted by atomic mass is 16.7. The van der Waals surface area contributed by atoms with E-state index in [1.54, 1.807) is 12.0 Å². The van der Waals surface area contributed by atoms with Gasteiger partial charge in [-0.25, -0.2) is 4.79 Å². The van der Waals surface area contributed by atoms with Gasteiger partial charge in [0.25, 0.3) is 0 Å². The lowest BCUT2D eigenvalue weighted by Gasteiger charge is -2.38. The first-order chi connectivity index (χ1) is 13.8. The van der Waals surface area contributed by atoms with Gasteiger partial charge in [0.1, 0.15) is 5.75 Å². The summed E-state index contributed by atoms with van der Waals surface area (Å²) in [6.07, 6.45) is 2.33. The van der Waals surface area contributed by atoms with Crippen molar-refractivity contribution in [2.75, 3.05) is 45.4 Å². The smallest absolute Gasteiger partial charge is 0.409 e. The predicted molar refractivity (Wildman–Crippen MR) is 112 cm³/mol. The summed E-state index contributed by atoms with van der Waals surface area (Å²) in [5.41, 5.74) is 2.28. The summed E-state index contributed by atoms with van der Waals surface area (Å²) in [7, 11) is 3.83. The van der Waals surface area contributed by atoms with E-state index in [9.17, 15) is 4.79 Å². The van der Waals surface area contributed by atoms with Crippen LogP contribution in [-0.2, 0) is 20.6 Å². The van der Waals surface area contributed by atoms with Crippen LogP contribution in [0.25, 0.3) is 0 Å². The summed E-state index contributed by atoms with van der Waals surface area (Å²) in [6, 6.07) is 6.51. The van der Waals surface area contributed by atoms with Gasteiger partial charge < -0.3 is 28.7 Å². The Labute approximate surface area is 173 Å². The Balaban J connectivity index is 1.72. The Morgan fingerprint density at radius 3 is 2.62 bits per heavy atom. The number of methoxy groups -OCH3 is 1. The highest BCUT2D eigenvalue weighted by Crippen LogP contribution is 2.35. The number of carbonyl (C=O) groups is 1. The molecular weight excluding hydrogens is 372 g/mol. The average molecular weight is 407 g/mol. The Morgan fingerprint density at radius 2 is 2.03 bits per heavy atom. The fourth-order valence-electron chi connectivity index (χ4n) is 4.22. The molecule has 2 fully saturated rings. The summed E-state index contributed by atoms with van der Waals surface area (Å²) < 4.78 is 22.6. The number of nitrogens with zero attached hydrogens (tertiary/aromatic N) is 2. The van der Waals surface area contributed by atoms with Crippen molar-refractivity contribution in [3.05, 3.63) is 23.8 Å². The molecule has 7 heteroatoms. The van der Waals surface area contributed by atoms with E-state index in [4.69, 9.17) is 18.9 Å². The lowest BCUT2D eigenvalue weighted by Crippen LogP contribution is -2.46. The summed E-state index contributed by atoms with van der Waals surface area (Å²) in [5, 5.41) is 0. The van der Waals surface area contributed by atoms with E-state index >= 15 is 0 Å². The van der Waals surface area contributed by atoms with Gasteiger partial charge in [-0.2, -0.15) is 0 Å². The van der Waals surface area contributed by atoms with E-state index in [1.807, 2.05) is 32.9 Å². The van der Waals surface area contributed by atoms with E-state index in [0.29, 0.717) is 32.3 Å². The zero-order valence-corrected chi connectivity index (χ0v) is 18.3. The Hall–Kier alpha value is -1.99. The van der Waals surface area contributed by atoms with Crippen LogP contribution in [0.1, 0.15) is 39.2 Å². The van der Waals surface area contributed by atoms with Gasteiger partial charge in [0.15, 0.2) is 5.79 Å². The van der Waals surface area contributed by atoms with Gasteiger partial charge in [-0.3, -0.25) is 0 Å². The topological polar surface area (TPSA) is 60.5 Å². The molecule has 1 amide bonds. The van der Waals surface area contributed by atoms with E-state index in [1.165, 1.54) is 0 Å². The fourth-order valence-corrected chi connectivity index (χ4v) is 4.22. The molecular formula is C22H34N2O5. The number of amides is 1. The quantitative estimate of drug-likeness (QED) is 0.721. The summed E-state index contributed by atoms with van der Waals surface area (Å²) in [6.45, 7) is 8.13. The second-order valence-corrected chi connectivity index (χ2v) is 8.14. The summed E-state index contributed by atoms with van der Waals surface area (Å²) in [5.74, 6) is 0.324. The molecule has 29 heavy (non-hydrogen) atoms. The van der Waals surface area contributed by atoms with Gasteiger partial charge in [-0.05, 0) is 45.7 Å². The minimum atomic E-state index is -0.543. The van der Waals surface area contributed by atoms with Gasteiger partial charge in [-0.1, -0.05) is 6.07 Å². The SMILES string of the molecule is CCOC(=O)N1CCC(N(C)c2cccc(OC)c2CC2COC(C)(C)O2)CC1. The molecule has 1 aromatic carbocycles. The van der Waals surface area contributed by atoms with Crippen molar-refractivity contribution in [2.24, 2.45) is 0 Å². The first-order valence-corrected chi connectivity index (χ1v) is 10.5. The number of likely N-dealkylation sites (tertiary alicyclic amines) is 1. The zero-order valence-electron chi connectivity index (χ0n) is 18.3. The highest BCUT2D eigenvalue weighted by Gasteiger charge is 2.34. The molecule has 0 saturated carbocycles. The third-order valence-corrected chi connectivity index (χ3v) is 5.75. The first-order valence-electron chi connectivity index (χ1n) is 10.5. The molecule has 2 saturated heterocycles. The number of ether oxygens (including phenoxy) is 4. The molecule has 0 aliphatic carbocycles. The third-order valence-electron chi connectivity index (χ3n) is 5.75. The maximum atomic E-state index is 12.0. The molecule has 0 bridgehead atoms. The Kier molecular flexibility index (Phi) is 6.90. The fraction of sp³-hybridized carbons (Fsp3) is 0.682. The lowest BCUT2D eigenvalue weighted by molar-refractivity contribution is -0.138. The molecule has 1 atom stereocenters. The van der Waals surface area contributed by atoms with Crippen LogP contribution in [0.4, 0.5) is 10.5 Å². The van der Waals surface area contributed by atoms with E-state index in [2.05, 4.69) is 18.0 Å². The Morgan fingerprint density at radius 1 is 1.31 bits per heavy atom. The monoisotopic (exact) mass is 406 g/mol. The van der Waals surface area contributed by atoms with Crippen molar-refractivity contribution < 1.29 is 23.7 Å². The third kappa shape index (κ3) is 5.14. The molecule has 0 aromatic heterocycles. The van der Waals surface area contributed by atoms with Crippen LogP contribution in [0.5, 0.6) is 5.75 Å². The Bertz CT molecular complexity index is 700. The van der Waals surface area contributed by atoms with E-state index in [0.717, 1.165) is 36.3 Å². The predicted octanol–water partition coefficient (Wildman–Crippen LogP) is 3.45. The normalized spacial score (nSPS) is 21.8. The van der Waals surface area contributed by atoms with Gasteiger partial charge in [-0.15, -0.1) is 0 Å². The van der Waals surface area contributed by atoms with E-state index in [-0.39, 0.29) is 12.2 Å². The number of carbonyl (C=O) groups excluding carboxylic acids is 1. The first kappa shape index (κ1) is 21.7. The van der Waals surface area contributed by atoms with Crippen LogP contribution in [0, 0.1) is 0 Å². The molecule has 1 aromatic rings. The largest absolute Gasteiger partial charge is 0.496 e. The van der Waals surface area contributed by atoms with Gasteiger partial charge in [0.05, 0.1) is 26.4 Å². The average Bonchev–Trinajstić information content (AvgIpc) is 3.06. The molecule has 0 radical (unpaired) electrons. The minimum Gasteiger partial charge on any atom is -0.496 e. The molecule has 162 valence electrons. The molecule has 0 spiro atoms. The van der Waals surface area contributed by atoms with Gasteiger partial charge in [0.2, 0.25) is 0 Å². The van der Waals surface area contributed by atoms with Crippen LogP contribution < -0.4 is 9.64 Å². The van der Waals surface area contributed by atoms with Crippen molar-refractivity contribution in [1.82, 2.24) is 4.90 Å². The van der Waals surface area contributed by atoms with Gasteiger partial charge in [0, 0.05) is 43.9 Å². The molecule has 1 unspecified atom stereocenters. The van der Waals surface area contributed by atoms with Crippen LogP contribution in [0.3, 0.4) is 0 Å². The minimum absolute atomic E-state index is 0.000823. The number of hydrogen-bond donors (Lipinski definition) is 0. The van der Waals surface area contributed by atoms with Gasteiger partial charge >= 0.3 is 6.09 Å². The molecule has 2 heterocycles. The van der Waals surface area contributed by atoms with Crippen molar-refractivity contribution in [1.29, 1.82) is 0 Å². The number of anilines is 1. The van der Waals surface area contributed by atoms with Crippen LogP contribution >= 0.6 is 0 Å². The molecule has 2 aliphatic rings. The second-order valence-electron chi connectivity index (χ2n) is 8.14. The second kappa shape index (κ2) is 9.22. The number of piperidine rings is 1. The summed E-state index contributed by atoms with van der Waals surface area (Å²) >= 11 is 0. The number of hydrogen-bond acceptors (Lipinski definition) is 6. The number of benzene rings is 1. The van der Waals surface area contributed by atoms with Crippen LogP contribution in [0.2, 0.25) is 0 Å². The van der Waals surface area contributed by atoms with Crippen molar-refractivity contribution in [3.63, 3.8) is 0 Å². The van der Waals surface area contributed by atoms with Crippen LogP contribution in [-0.4, -0.2) is 69.4 Å². The molecule has 2 aliphatic heterocycles. The van der Waals surface area contributed by atoms with E-state index < -0.39 is 5.79 Å². The maximum absolute atomic E-state index is 12.0. The van der Waals surface area contributed by atoms with Crippen molar-refractivity contribution in [2.45, 2.75) is 58.0 Å². The van der Waals surface area contributed by atoms with Crippen molar-refractivity contribution in [3.8, 4) is 5.75 Å². The number of rotatable bonds is 6. The standard InChI is InChI=1S/C22H34N2O5/c1-6-27-21(25)24-12-10-16(11-13-24)23(4)19-8-7-9-20(26-5)18(19)14-17-15-28-22(2,3)29-17/h7-9,16-17H,6,10-15H2,1-5H3. The molecule has 3 rings (SSSR count). The summed E-state index contributed by atoms with van der Waals surface area (Å²) in [4.78, 5) is 16.1. The van der Waals surface area contributed by atoms with Crippen molar-refractivity contribution >= 4 is 11.8 Å². The highest BCUT2D eigenvalue weighted by molar-refractivity contribution is 5.67. The molecule has 7 nitrogen and oxygen atoms in total. The molecule has 0 N–H and O–H groups in total. The maximum Gasteiger partial charge on any atom is 0.409 e. The van der Waals surface area contributed by atoms with Crippen LogP contribution in [0.15, 0.2) is 18.2 Å². The lowest BCUT2D eigenvalue weighted by atomic mass is 9.99. The zero-order chi connectivity index (χ0) is 21.0.